The Morgan fingerprint density at radius 1 is 1.33 bits per heavy atom. The van der Waals surface area contributed by atoms with Gasteiger partial charge in [-0.15, -0.1) is 0 Å². The molecule has 0 aliphatic rings. The van der Waals surface area contributed by atoms with Crippen LogP contribution in [0.25, 0.3) is 10.8 Å². The molecule has 2 aromatic rings. The Bertz CT molecular complexity index is 692. The van der Waals surface area contributed by atoms with Gasteiger partial charge in [-0.2, -0.15) is 0 Å². The van der Waals surface area contributed by atoms with Crippen LogP contribution in [0, 0.1) is 0 Å². The van der Waals surface area contributed by atoms with Crippen LogP contribution in [0.5, 0.6) is 0 Å². The Morgan fingerprint density at radius 2 is 2.11 bits per heavy atom. The van der Waals surface area contributed by atoms with Gasteiger partial charge in [-0.05, 0) is 12.1 Å². The van der Waals surface area contributed by atoms with E-state index in [0.29, 0.717) is 10.8 Å². The Balaban J connectivity index is 2.50. The van der Waals surface area contributed by atoms with E-state index >= 15 is 0 Å². The Labute approximate surface area is 104 Å². The summed E-state index contributed by atoms with van der Waals surface area (Å²) in [6.45, 7) is -0.427. The van der Waals surface area contributed by atoms with Gasteiger partial charge in [-0.1, -0.05) is 12.1 Å². The van der Waals surface area contributed by atoms with Crippen LogP contribution in [-0.4, -0.2) is 25.9 Å². The van der Waals surface area contributed by atoms with Gasteiger partial charge in [0.1, 0.15) is 0 Å². The lowest BCUT2D eigenvalue weighted by molar-refractivity contribution is -0.116. The standard InChI is InChI=1S/C11H11N3O3S/c12-11(15)7-14-18(16,17)10-3-1-2-8-6-13-5-4-9(8)10/h1-6,14H,7H2,(H2,12,15). The number of primary amides is 1. The smallest absolute Gasteiger partial charge is 0.241 e. The van der Waals surface area contributed by atoms with Crippen molar-refractivity contribution in [2.24, 2.45) is 5.73 Å². The molecule has 3 N–H and O–H groups in total. The van der Waals surface area contributed by atoms with Crippen molar-refractivity contribution in [3.63, 3.8) is 0 Å². The summed E-state index contributed by atoms with van der Waals surface area (Å²) in [5.74, 6) is -0.736. The molecule has 0 unspecified atom stereocenters. The first kappa shape index (κ1) is 12.5. The molecule has 6 nitrogen and oxygen atoms in total. The first-order chi connectivity index (χ1) is 8.50. The molecule has 0 fully saturated rings. The molecule has 1 amide bonds. The van der Waals surface area contributed by atoms with Crippen molar-refractivity contribution in [3.8, 4) is 0 Å². The van der Waals surface area contributed by atoms with Crippen LogP contribution in [0.3, 0.4) is 0 Å². The van der Waals surface area contributed by atoms with Gasteiger partial charge in [0.2, 0.25) is 15.9 Å². The molecule has 0 aliphatic carbocycles. The third-order valence-electron chi connectivity index (χ3n) is 2.37. The molecule has 94 valence electrons. The fraction of sp³-hybridized carbons (Fsp3) is 0.0909. The summed E-state index contributed by atoms with van der Waals surface area (Å²) in [5.41, 5.74) is 4.91. The fourth-order valence-corrected chi connectivity index (χ4v) is 2.79. The molecule has 0 radical (unpaired) electrons. The summed E-state index contributed by atoms with van der Waals surface area (Å²) in [7, 11) is -3.76. The predicted octanol–water partition coefficient (Wildman–Crippen LogP) is -0.00160. The SMILES string of the molecule is NC(=O)CNS(=O)(=O)c1cccc2cnccc12. The van der Waals surface area contributed by atoms with E-state index in [2.05, 4.69) is 9.71 Å². The number of rotatable bonds is 4. The quantitative estimate of drug-likeness (QED) is 0.812. The van der Waals surface area contributed by atoms with Gasteiger partial charge >= 0.3 is 0 Å². The van der Waals surface area contributed by atoms with Crippen molar-refractivity contribution in [3.05, 3.63) is 36.7 Å². The topological polar surface area (TPSA) is 102 Å². The molecule has 0 bridgehead atoms. The minimum atomic E-state index is -3.76. The molecular weight excluding hydrogens is 254 g/mol. The van der Waals surface area contributed by atoms with E-state index in [1.54, 1.807) is 24.4 Å². The maximum Gasteiger partial charge on any atom is 0.241 e. The van der Waals surface area contributed by atoms with Crippen molar-refractivity contribution in [2.45, 2.75) is 4.90 Å². The number of fused-ring (bicyclic) bond motifs is 1. The molecule has 1 aromatic carbocycles. The number of carbonyl (C=O) groups is 1. The van der Waals surface area contributed by atoms with Gasteiger partial charge in [0.25, 0.3) is 0 Å². The third-order valence-corrected chi connectivity index (χ3v) is 3.83. The number of sulfonamides is 1. The van der Waals surface area contributed by atoms with E-state index in [-0.39, 0.29) is 4.90 Å². The molecule has 2 rings (SSSR count). The van der Waals surface area contributed by atoms with Crippen LogP contribution >= 0.6 is 0 Å². The summed E-state index contributed by atoms with van der Waals surface area (Å²) in [6.07, 6.45) is 3.08. The highest BCUT2D eigenvalue weighted by molar-refractivity contribution is 7.89. The number of hydrogen-bond acceptors (Lipinski definition) is 4. The molecular formula is C11H11N3O3S. The largest absolute Gasteiger partial charge is 0.369 e. The molecule has 7 heteroatoms. The van der Waals surface area contributed by atoms with E-state index in [1.165, 1.54) is 12.3 Å². The first-order valence-corrected chi connectivity index (χ1v) is 6.60. The Morgan fingerprint density at radius 3 is 2.83 bits per heavy atom. The number of aromatic nitrogens is 1. The van der Waals surface area contributed by atoms with Crippen LogP contribution < -0.4 is 10.5 Å². The fourth-order valence-electron chi connectivity index (χ4n) is 1.57. The van der Waals surface area contributed by atoms with Gasteiger partial charge in [-0.25, -0.2) is 13.1 Å². The monoisotopic (exact) mass is 265 g/mol. The Hall–Kier alpha value is -1.99. The number of amides is 1. The number of carbonyl (C=O) groups excluding carboxylic acids is 1. The van der Waals surface area contributed by atoms with E-state index in [0.717, 1.165) is 0 Å². The minimum absolute atomic E-state index is 0.101. The van der Waals surface area contributed by atoms with Gasteiger partial charge < -0.3 is 5.73 Å². The second-order valence-electron chi connectivity index (χ2n) is 3.64. The molecule has 18 heavy (non-hydrogen) atoms. The molecule has 0 saturated carbocycles. The molecule has 1 heterocycles. The zero-order valence-electron chi connectivity index (χ0n) is 9.33. The minimum Gasteiger partial charge on any atom is -0.369 e. The highest BCUT2D eigenvalue weighted by atomic mass is 32.2. The molecule has 0 saturated heterocycles. The number of pyridine rings is 1. The second-order valence-corrected chi connectivity index (χ2v) is 5.38. The van der Waals surface area contributed by atoms with Crippen molar-refractivity contribution >= 4 is 26.7 Å². The van der Waals surface area contributed by atoms with Crippen LogP contribution in [0.15, 0.2) is 41.6 Å². The normalized spacial score (nSPS) is 11.6. The van der Waals surface area contributed by atoms with Crippen LogP contribution in [0.1, 0.15) is 0 Å². The van der Waals surface area contributed by atoms with Gasteiger partial charge in [0.05, 0.1) is 11.4 Å². The second kappa shape index (κ2) is 4.71. The van der Waals surface area contributed by atoms with Crippen molar-refractivity contribution < 1.29 is 13.2 Å². The lowest BCUT2D eigenvalue weighted by Crippen LogP contribution is -2.33. The summed E-state index contributed by atoms with van der Waals surface area (Å²) in [4.78, 5) is 14.6. The summed E-state index contributed by atoms with van der Waals surface area (Å²) in [5, 5.41) is 1.25. The summed E-state index contributed by atoms with van der Waals surface area (Å²) < 4.78 is 26.2. The van der Waals surface area contributed by atoms with E-state index < -0.39 is 22.5 Å². The zero-order chi connectivity index (χ0) is 13.2. The third kappa shape index (κ3) is 2.47. The van der Waals surface area contributed by atoms with E-state index in [1.807, 2.05) is 0 Å². The molecule has 0 spiro atoms. The first-order valence-electron chi connectivity index (χ1n) is 5.11. The molecule has 1 aromatic heterocycles. The van der Waals surface area contributed by atoms with Gasteiger partial charge in [0, 0.05) is 23.2 Å². The van der Waals surface area contributed by atoms with Crippen LogP contribution in [-0.2, 0) is 14.8 Å². The van der Waals surface area contributed by atoms with Gasteiger partial charge in [0.15, 0.2) is 0 Å². The van der Waals surface area contributed by atoms with Crippen molar-refractivity contribution in [2.75, 3.05) is 6.54 Å². The number of nitrogens with one attached hydrogen (secondary N) is 1. The highest BCUT2D eigenvalue weighted by Crippen LogP contribution is 2.21. The van der Waals surface area contributed by atoms with Crippen LogP contribution in [0.4, 0.5) is 0 Å². The Kier molecular flexibility index (Phi) is 3.26. The van der Waals surface area contributed by atoms with Crippen LogP contribution in [0.2, 0.25) is 0 Å². The maximum atomic E-state index is 12.0. The van der Waals surface area contributed by atoms with Gasteiger partial charge in [-0.3, -0.25) is 9.78 Å². The molecule has 0 aliphatic heterocycles. The number of nitrogens with zero attached hydrogens (tertiary/aromatic N) is 1. The maximum absolute atomic E-state index is 12.0. The van der Waals surface area contributed by atoms with E-state index in [4.69, 9.17) is 5.73 Å². The summed E-state index contributed by atoms with van der Waals surface area (Å²) >= 11 is 0. The highest BCUT2D eigenvalue weighted by Gasteiger charge is 2.17. The van der Waals surface area contributed by atoms with E-state index in [9.17, 15) is 13.2 Å². The number of nitrogens with two attached hydrogens (primary N) is 1. The zero-order valence-corrected chi connectivity index (χ0v) is 10.1. The predicted molar refractivity (Wildman–Crippen MR) is 66.1 cm³/mol. The number of hydrogen-bond donors (Lipinski definition) is 2. The summed E-state index contributed by atoms with van der Waals surface area (Å²) in [6, 6.07) is 6.44. The lowest BCUT2D eigenvalue weighted by atomic mass is 10.2. The van der Waals surface area contributed by atoms with Crippen molar-refractivity contribution in [1.82, 2.24) is 9.71 Å². The number of benzene rings is 1. The molecule has 0 atom stereocenters. The lowest BCUT2D eigenvalue weighted by Gasteiger charge is -2.07. The average Bonchev–Trinajstić information content (AvgIpc) is 2.36. The van der Waals surface area contributed by atoms with Crippen molar-refractivity contribution in [1.29, 1.82) is 0 Å². The average molecular weight is 265 g/mol.